The molecule has 0 spiro atoms. The van der Waals surface area contributed by atoms with E-state index in [0.29, 0.717) is 54.3 Å². The van der Waals surface area contributed by atoms with Crippen LogP contribution >= 0.6 is 0 Å². The van der Waals surface area contributed by atoms with Crippen LogP contribution in [-0.2, 0) is 6.18 Å². The molecule has 3 heterocycles. The van der Waals surface area contributed by atoms with Gasteiger partial charge in [0.25, 0.3) is 5.91 Å². The molecule has 8 nitrogen and oxygen atoms in total. The quantitative estimate of drug-likeness (QED) is 0.254. The van der Waals surface area contributed by atoms with Gasteiger partial charge in [0.1, 0.15) is 5.69 Å². The molecule has 0 aliphatic carbocycles. The zero-order valence-electron chi connectivity index (χ0n) is 22.7. The Morgan fingerprint density at radius 1 is 1.15 bits per heavy atom. The fraction of sp³-hybridized carbons (Fsp3) is 0.367. The van der Waals surface area contributed by atoms with Gasteiger partial charge in [-0.15, -0.1) is 0 Å². The number of benzene rings is 2. The first-order chi connectivity index (χ1) is 19.6. The minimum absolute atomic E-state index is 0.0794. The number of rotatable bonds is 6. The van der Waals surface area contributed by atoms with Crippen LogP contribution in [0.1, 0.15) is 60.6 Å². The van der Waals surface area contributed by atoms with Gasteiger partial charge in [-0.1, -0.05) is 13.8 Å². The third-order valence-corrected chi connectivity index (χ3v) is 7.26. The molecule has 2 aromatic heterocycles. The van der Waals surface area contributed by atoms with Crippen molar-refractivity contribution in [2.24, 2.45) is 5.92 Å². The van der Waals surface area contributed by atoms with E-state index in [-0.39, 0.29) is 23.7 Å². The van der Waals surface area contributed by atoms with Crippen molar-refractivity contribution < 1.29 is 22.4 Å². The molecule has 0 unspecified atom stereocenters. The molecule has 2 aromatic carbocycles. The lowest BCUT2D eigenvalue weighted by Crippen LogP contribution is -2.30. The Hall–Kier alpha value is -4.46. The summed E-state index contributed by atoms with van der Waals surface area (Å²) in [6, 6.07) is 11.4. The third kappa shape index (κ3) is 6.32. The van der Waals surface area contributed by atoms with E-state index in [1.54, 1.807) is 35.2 Å². The van der Waals surface area contributed by atoms with Crippen LogP contribution in [0.25, 0.3) is 27.4 Å². The van der Waals surface area contributed by atoms with Crippen molar-refractivity contribution in [2.45, 2.75) is 45.2 Å². The van der Waals surface area contributed by atoms with Gasteiger partial charge in [0, 0.05) is 37.0 Å². The molecule has 1 fully saturated rings. The van der Waals surface area contributed by atoms with Crippen LogP contribution in [0.2, 0.25) is 0 Å². The third-order valence-electron chi connectivity index (χ3n) is 7.26. The van der Waals surface area contributed by atoms with Crippen LogP contribution in [-0.4, -0.2) is 40.5 Å². The second-order valence-corrected chi connectivity index (χ2v) is 10.5. The molecule has 1 aliphatic rings. The fourth-order valence-electron chi connectivity index (χ4n) is 4.99. The maximum Gasteiger partial charge on any atom is 0.433 e. The van der Waals surface area contributed by atoms with Crippen molar-refractivity contribution in [3.8, 4) is 11.5 Å². The molecule has 212 valence electrons. The largest absolute Gasteiger partial charge is 0.436 e. The summed E-state index contributed by atoms with van der Waals surface area (Å²) in [5.41, 5.74) is 2.98. The van der Waals surface area contributed by atoms with Crippen LogP contribution in [0.4, 0.5) is 24.8 Å². The van der Waals surface area contributed by atoms with Crippen LogP contribution in [0, 0.1) is 12.5 Å². The van der Waals surface area contributed by atoms with Gasteiger partial charge in [-0.25, -0.2) is 19.8 Å². The minimum atomic E-state index is -4.52. The zero-order chi connectivity index (χ0) is 29.1. The Morgan fingerprint density at radius 3 is 2.63 bits per heavy atom. The van der Waals surface area contributed by atoms with Crippen LogP contribution in [0.5, 0.6) is 0 Å². The van der Waals surface area contributed by atoms with E-state index in [1.165, 1.54) is 0 Å². The molecule has 4 aromatic rings. The summed E-state index contributed by atoms with van der Waals surface area (Å²) in [5, 5.41) is 2.99. The normalized spacial score (nSPS) is 16.0. The molecule has 41 heavy (non-hydrogen) atoms. The predicted molar refractivity (Wildman–Crippen MR) is 149 cm³/mol. The first-order valence-electron chi connectivity index (χ1n) is 13.5. The summed E-state index contributed by atoms with van der Waals surface area (Å²) in [7, 11) is 0. The molecule has 1 aliphatic heterocycles. The summed E-state index contributed by atoms with van der Waals surface area (Å²) in [6.07, 6.45) is -1.09. The van der Waals surface area contributed by atoms with E-state index in [2.05, 4.69) is 25.1 Å². The molecule has 1 amide bonds. The van der Waals surface area contributed by atoms with Crippen molar-refractivity contribution in [3.63, 3.8) is 0 Å². The molecule has 5 rings (SSSR count). The van der Waals surface area contributed by atoms with E-state index in [1.807, 2.05) is 19.9 Å². The van der Waals surface area contributed by atoms with Gasteiger partial charge in [0.2, 0.25) is 11.8 Å². The fourth-order valence-corrected chi connectivity index (χ4v) is 4.99. The average Bonchev–Trinajstić information content (AvgIpc) is 3.25. The van der Waals surface area contributed by atoms with E-state index in [4.69, 9.17) is 11.0 Å². The number of carbonyl (C=O) groups excluding carboxylic acids is 1. The maximum absolute atomic E-state index is 13.0. The predicted octanol–water partition coefficient (Wildman–Crippen LogP) is 7.01. The molecular formula is C30H29F3N6O2. The Labute approximate surface area is 235 Å². The highest BCUT2D eigenvalue weighted by Crippen LogP contribution is 2.34. The number of fused-ring (bicyclic) bond motifs is 1. The number of aromatic nitrogens is 3. The lowest BCUT2D eigenvalue weighted by atomic mass is 10.0. The molecule has 0 radical (unpaired) electrons. The Kier molecular flexibility index (Phi) is 7.92. The van der Waals surface area contributed by atoms with Crippen molar-refractivity contribution in [3.05, 3.63) is 76.9 Å². The molecule has 1 saturated heterocycles. The van der Waals surface area contributed by atoms with Crippen molar-refractivity contribution in [2.75, 3.05) is 24.5 Å². The van der Waals surface area contributed by atoms with Gasteiger partial charge in [-0.2, -0.15) is 13.2 Å². The second-order valence-electron chi connectivity index (χ2n) is 10.5. The minimum Gasteiger partial charge on any atom is -0.436 e. The number of amides is 1. The average molecular weight is 563 g/mol. The van der Waals surface area contributed by atoms with Gasteiger partial charge in [-0.3, -0.25) is 4.79 Å². The molecule has 1 atom stereocenters. The van der Waals surface area contributed by atoms with Crippen molar-refractivity contribution >= 4 is 28.6 Å². The molecule has 0 bridgehead atoms. The second kappa shape index (κ2) is 11.6. The highest BCUT2D eigenvalue weighted by molar-refractivity contribution is 5.94. The Balaban J connectivity index is 1.20. The van der Waals surface area contributed by atoms with Gasteiger partial charge in [0.15, 0.2) is 11.3 Å². The van der Waals surface area contributed by atoms with Crippen molar-refractivity contribution in [1.82, 2.24) is 20.3 Å². The first kappa shape index (κ1) is 28.1. The number of hydrogen-bond acceptors (Lipinski definition) is 6. The molecule has 11 heteroatoms. The van der Waals surface area contributed by atoms with E-state index in [0.717, 1.165) is 36.2 Å². The molecule has 0 saturated carbocycles. The topological polar surface area (TPSA) is 88.5 Å². The number of nitrogens with one attached hydrogen (secondary N) is 1. The summed E-state index contributed by atoms with van der Waals surface area (Å²) < 4.78 is 45.2. The number of anilines is 1. The SMILES string of the molecule is [C-]#[N+]c1cc(C(C)C)c2oc(-c3ccc(C(=O)NC[C@H]4CCCN(c5nccc(C(F)(F)F)n5)CC4)cc3)nc2c1. The Bertz CT molecular complexity index is 1590. The number of nitrogens with zero attached hydrogens (tertiary/aromatic N) is 5. The standard InChI is InChI=1S/C30H29F3N6O2/c1-18(2)23-15-22(34-3)16-24-26(23)41-28(37-24)21-8-6-20(7-9-21)27(40)36-17-19-5-4-13-39(14-11-19)29-35-12-10-25(38-29)30(31,32)33/h6-10,12,15-16,18-19H,4-5,11,13-14,17H2,1-2H3,(H,36,40)/t19-/m0/s1. The summed E-state index contributed by atoms with van der Waals surface area (Å²) in [4.78, 5) is 30.5. The summed E-state index contributed by atoms with van der Waals surface area (Å²) >= 11 is 0. The first-order valence-corrected chi connectivity index (χ1v) is 13.5. The van der Waals surface area contributed by atoms with Crippen LogP contribution in [0.15, 0.2) is 53.1 Å². The van der Waals surface area contributed by atoms with Gasteiger partial charge < -0.3 is 14.6 Å². The van der Waals surface area contributed by atoms with Gasteiger partial charge in [-0.05, 0) is 79.1 Å². The Morgan fingerprint density at radius 2 is 1.93 bits per heavy atom. The van der Waals surface area contributed by atoms with Crippen LogP contribution in [0.3, 0.4) is 0 Å². The number of hydrogen-bond donors (Lipinski definition) is 1. The maximum atomic E-state index is 13.0. The van der Waals surface area contributed by atoms with E-state index in [9.17, 15) is 18.0 Å². The number of halogens is 3. The van der Waals surface area contributed by atoms with E-state index < -0.39 is 11.9 Å². The lowest BCUT2D eigenvalue weighted by molar-refractivity contribution is -0.141. The van der Waals surface area contributed by atoms with Gasteiger partial charge in [0.05, 0.1) is 12.1 Å². The summed E-state index contributed by atoms with van der Waals surface area (Å²) in [5.74, 6) is 0.639. The van der Waals surface area contributed by atoms with Crippen molar-refractivity contribution in [1.29, 1.82) is 0 Å². The smallest absolute Gasteiger partial charge is 0.433 e. The highest BCUT2D eigenvalue weighted by Gasteiger charge is 2.33. The monoisotopic (exact) mass is 562 g/mol. The lowest BCUT2D eigenvalue weighted by Gasteiger charge is -2.21. The van der Waals surface area contributed by atoms with Crippen LogP contribution < -0.4 is 10.2 Å². The zero-order valence-corrected chi connectivity index (χ0v) is 22.7. The van der Waals surface area contributed by atoms with E-state index >= 15 is 0 Å². The number of carbonyl (C=O) groups is 1. The number of alkyl halides is 3. The highest BCUT2D eigenvalue weighted by atomic mass is 19.4. The number of oxazole rings is 1. The van der Waals surface area contributed by atoms with Gasteiger partial charge >= 0.3 is 6.18 Å². The summed E-state index contributed by atoms with van der Waals surface area (Å²) in [6.45, 7) is 13.0. The molecular weight excluding hydrogens is 533 g/mol. The molecule has 1 N–H and O–H groups in total.